The lowest BCUT2D eigenvalue weighted by atomic mass is 9.45. The molecule has 0 spiro atoms. The molecule has 7 atom stereocenters. The fourth-order valence-corrected chi connectivity index (χ4v) is 7.89. The molecule has 3 saturated carbocycles. The molecule has 0 amide bonds. The molecule has 0 aromatic carbocycles. The van der Waals surface area contributed by atoms with Crippen LogP contribution in [0.25, 0.3) is 0 Å². The largest absolute Gasteiger partial charge is 0.449 e. The van der Waals surface area contributed by atoms with Gasteiger partial charge in [-0.3, -0.25) is 9.59 Å². The van der Waals surface area contributed by atoms with Gasteiger partial charge in [0.05, 0.1) is 6.10 Å². The van der Waals surface area contributed by atoms with Crippen molar-refractivity contribution in [3.05, 3.63) is 11.6 Å². The monoisotopic (exact) mass is 448 g/mol. The molecule has 4 aliphatic carbocycles. The minimum absolute atomic E-state index is 0.00725. The molecule has 1 unspecified atom stereocenters. The number of allylic oxidation sites excluding steroid dienone is 1. The normalized spacial score (nSPS) is 43.0. The summed E-state index contributed by atoms with van der Waals surface area (Å²) in [4.78, 5) is 37.7. The summed E-state index contributed by atoms with van der Waals surface area (Å²) in [7, 11) is 0. The minimum Gasteiger partial charge on any atom is -0.449 e. The second kappa shape index (κ2) is 8.33. The van der Waals surface area contributed by atoms with E-state index in [-0.39, 0.29) is 35.6 Å². The van der Waals surface area contributed by atoms with Gasteiger partial charge in [0.25, 0.3) is 0 Å². The minimum atomic E-state index is -1.45. The topological polar surface area (TPSA) is 110 Å². The molecule has 0 radical (unpaired) electrons. The van der Waals surface area contributed by atoms with E-state index in [0.717, 1.165) is 24.8 Å². The van der Waals surface area contributed by atoms with Crippen LogP contribution in [0.4, 0.5) is 0 Å². The van der Waals surface area contributed by atoms with Gasteiger partial charge in [-0.15, -0.1) is 0 Å². The van der Waals surface area contributed by atoms with Crippen LogP contribution in [0.2, 0.25) is 0 Å². The Labute approximate surface area is 189 Å². The summed E-state index contributed by atoms with van der Waals surface area (Å²) < 4.78 is 11.0. The fourth-order valence-electron chi connectivity index (χ4n) is 7.89. The van der Waals surface area contributed by atoms with Gasteiger partial charge in [0.2, 0.25) is 5.78 Å². The molecule has 0 heterocycles. The SMILES string of the molecule is CCOCC(=O)O[C@]1(C(=O)CO)CC[C@H]2[C@@H]3CCC4=CC(=O)CC[C@]4(C)[C@H]3C(O)C[C@@]21C. The second-order valence-corrected chi connectivity index (χ2v) is 10.6. The van der Waals surface area contributed by atoms with Crippen molar-refractivity contribution in [2.24, 2.45) is 28.6 Å². The van der Waals surface area contributed by atoms with Crippen LogP contribution in [0, 0.1) is 28.6 Å². The highest BCUT2D eigenvalue weighted by molar-refractivity contribution is 5.92. The van der Waals surface area contributed by atoms with E-state index in [0.29, 0.717) is 32.3 Å². The molecular formula is C25H36O7. The summed E-state index contributed by atoms with van der Waals surface area (Å²) in [5, 5.41) is 21.3. The number of fused-ring (bicyclic) bond motifs is 5. The maximum Gasteiger partial charge on any atom is 0.333 e. The molecule has 3 fully saturated rings. The van der Waals surface area contributed by atoms with Gasteiger partial charge in [0, 0.05) is 18.4 Å². The predicted octanol–water partition coefficient (Wildman–Crippen LogP) is 2.37. The molecule has 0 saturated heterocycles. The highest BCUT2D eigenvalue weighted by atomic mass is 16.6. The number of rotatable bonds is 6. The van der Waals surface area contributed by atoms with E-state index < -0.39 is 35.5 Å². The molecule has 4 rings (SSSR count). The Balaban J connectivity index is 1.70. The van der Waals surface area contributed by atoms with Crippen LogP contribution in [0.15, 0.2) is 11.6 Å². The van der Waals surface area contributed by atoms with E-state index in [9.17, 15) is 24.6 Å². The van der Waals surface area contributed by atoms with Crippen LogP contribution in [0.3, 0.4) is 0 Å². The molecule has 178 valence electrons. The number of aliphatic hydroxyl groups is 2. The molecule has 0 aromatic heterocycles. The molecule has 32 heavy (non-hydrogen) atoms. The molecule has 4 aliphatic rings. The highest BCUT2D eigenvalue weighted by Crippen LogP contribution is 2.68. The van der Waals surface area contributed by atoms with Crippen molar-refractivity contribution >= 4 is 17.5 Å². The van der Waals surface area contributed by atoms with Gasteiger partial charge in [-0.25, -0.2) is 4.79 Å². The van der Waals surface area contributed by atoms with E-state index in [1.165, 1.54) is 0 Å². The summed E-state index contributed by atoms with van der Waals surface area (Å²) in [5.74, 6) is -0.684. The number of carbonyl (C=O) groups excluding carboxylic acids is 3. The molecule has 7 nitrogen and oxygen atoms in total. The van der Waals surface area contributed by atoms with Crippen LogP contribution in [-0.4, -0.2) is 59.3 Å². The van der Waals surface area contributed by atoms with Crippen molar-refractivity contribution in [1.82, 2.24) is 0 Å². The van der Waals surface area contributed by atoms with Crippen LogP contribution in [0.5, 0.6) is 0 Å². The van der Waals surface area contributed by atoms with Gasteiger partial charge >= 0.3 is 5.97 Å². The maximum atomic E-state index is 13.1. The van der Waals surface area contributed by atoms with E-state index in [2.05, 4.69) is 6.92 Å². The third-order valence-electron chi connectivity index (χ3n) is 9.32. The van der Waals surface area contributed by atoms with Crippen molar-refractivity contribution in [1.29, 1.82) is 0 Å². The van der Waals surface area contributed by atoms with Crippen molar-refractivity contribution in [3.8, 4) is 0 Å². The number of ketones is 2. The Morgan fingerprint density at radius 3 is 2.62 bits per heavy atom. The Hall–Kier alpha value is -1.57. The van der Waals surface area contributed by atoms with E-state index in [1.807, 2.05) is 6.92 Å². The number of hydrogen-bond donors (Lipinski definition) is 2. The van der Waals surface area contributed by atoms with Crippen molar-refractivity contribution < 1.29 is 34.1 Å². The third kappa shape index (κ3) is 3.31. The smallest absolute Gasteiger partial charge is 0.333 e. The summed E-state index contributed by atoms with van der Waals surface area (Å²) in [6.45, 7) is 5.31. The van der Waals surface area contributed by atoms with E-state index in [1.54, 1.807) is 13.0 Å². The number of aliphatic hydroxyl groups excluding tert-OH is 2. The Morgan fingerprint density at radius 2 is 1.94 bits per heavy atom. The third-order valence-corrected chi connectivity index (χ3v) is 9.32. The van der Waals surface area contributed by atoms with E-state index in [4.69, 9.17) is 9.47 Å². The molecule has 7 heteroatoms. The number of Topliss-reactive ketones (excluding diaryl/α,β-unsaturated/α-hetero) is 1. The van der Waals surface area contributed by atoms with Crippen molar-refractivity contribution in [2.75, 3.05) is 19.8 Å². The highest BCUT2D eigenvalue weighted by Gasteiger charge is 2.70. The van der Waals surface area contributed by atoms with Crippen LogP contribution in [-0.2, 0) is 23.9 Å². The zero-order valence-corrected chi connectivity index (χ0v) is 19.4. The fraction of sp³-hybridized carbons (Fsp3) is 0.800. The van der Waals surface area contributed by atoms with Crippen molar-refractivity contribution in [2.45, 2.75) is 77.4 Å². The molecule has 0 aromatic rings. The second-order valence-electron chi connectivity index (χ2n) is 10.6. The maximum absolute atomic E-state index is 13.1. The van der Waals surface area contributed by atoms with Crippen LogP contribution < -0.4 is 0 Å². The summed E-state index contributed by atoms with van der Waals surface area (Å²) >= 11 is 0. The lowest BCUT2D eigenvalue weighted by Gasteiger charge is -2.60. The first-order valence-electron chi connectivity index (χ1n) is 12.0. The van der Waals surface area contributed by atoms with Crippen molar-refractivity contribution in [3.63, 3.8) is 0 Å². The summed E-state index contributed by atoms with van der Waals surface area (Å²) in [6, 6.07) is 0. The molecule has 0 bridgehead atoms. The van der Waals surface area contributed by atoms with Gasteiger partial charge in [-0.05, 0) is 74.7 Å². The Bertz CT molecular complexity index is 834. The lowest BCUT2D eigenvalue weighted by molar-refractivity contribution is -0.204. The van der Waals surface area contributed by atoms with Gasteiger partial charge < -0.3 is 19.7 Å². The van der Waals surface area contributed by atoms with Crippen LogP contribution >= 0.6 is 0 Å². The quantitative estimate of drug-likeness (QED) is 0.600. The average molecular weight is 449 g/mol. The Morgan fingerprint density at radius 1 is 1.19 bits per heavy atom. The standard InChI is InChI=1S/C25H36O7/c1-4-31-14-21(30)32-25(20(29)13-26)10-8-18-17-6-5-15-11-16(27)7-9-23(15,2)22(17)19(28)12-24(18,25)3/h11,17-19,22,26,28H,4-10,12-14H2,1-3H3/t17-,18-,19?,22+,23-,24-,25-/m0/s1. The first kappa shape index (κ1) is 23.6. The van der Waals surface area contributed by atoms with Crippen LogP contribution in [0.1, 0.15) is 65.7 Å². The zero-order chi connectivity index (χ0) is 23.3. The van der Waals surface area contributed by atoms with E-state index >= 15 is 0 Å². The molecular weight excluding hydrogens is 412 g/mol. The van der Waals surface area contributed by atoms with Gasteiger partial charge in [-0.1, -0.05) is 19.4 Å². The number of ether oxygens (including phenoxy) is 2. The lowest BCUT2D eigenvalue weighted by Crippen LogP contribution is -2.63. The average Bonchev–Trinajstić information content (AvgIpc) is 3.04. The predicted molar refractivity (Wildman–Crippen MR) is 116 cm³/mol. The summed E-state index contributed by atoms with van der Waals surface area (Å²) in [6.07, 6.45) is 5.38. The van der Waals surface area contributed by atoms with Gasteiger partial charge in [0.15, 0.2) is 11.4 Å². The zero-order valence-electron chi connectivity index (χ0n) is 19.4. The Kier molecular flexibility index (Phi) is 6.14. The van der Waals surface area contributed by atoms with Gasteiger partial charge in [0.1, 0.15) is 13.2 Å². The molecule has 0 aliphatic heterocycles. The number of hydrogen-bond acceptors (Lipinski definition) is 7. The molecule has 2 N–H and O–H groups in total. The number of carbonyl (C=O) groups is 3. The number of esters is 1. The van der Waals surface area contributed by atoms with Gasteiger partial charge in [-0.2, -0.15) is 0 Å². The first-order chi connectivity index (χ1) is 15.1. The first-order valence-corrected chi connectivity index (χ1v) is 12.0. The summed E-state index contributed by atoms with van der Waals surface area (Å²) in [5.41, 5.74) is -1.30.